The van der Waals surface area contributed by atoms with Crippen molar-refractivity contribution in [2.75, 3.05) is 0 Å². The predicted molar refractivity (Wildman–Crippen MR) is 111 cm³/mol. The number of pyridine rings is 2. The molecule has 0 fully saturated rings. The lowest BCUT2D eigenvalue weighted by Gasteiger charge is -2.31. The number of nitrogens with zero attached hydrogens (tertiary/aromatic N) is 2. The number of esters is 1. The third-order valence-corrected chi connectivity index (χ3v) is 7.05. The number of aliphatic hydroxyl groups is 2. The van der Waals surface area contributed by atoms with Crippen molar-refractivity contribution in [2.24, 2.45) is 0 Å². The van der Waals surface area contributed by atoms with Crippen LogP contribution in [0.2, 0.25) is 0 Å². The highest BCUT2D eigenvalue weighted by Crippen LogP contribution is 2.40. The topological polar surface area (TPSA) is 111 Å². The van der Waals surface area contributed by atoms with E-state index >= 15 is 0 Å². The molecular weight excluding hydrogens is 419 g/mol. The first-order valence-corrected chi connectivity index (χ1v) is 10.5. The SMILES string of the molecule is CC[C@@]1(O)C(=O)OCc2c1cc1n(c2=O)Cc2c-1c(=O)c1cc(F)cc3c1n2CCC3O. The molecule has 0 aliphatic carbocycles. The van der Waals surface area contributed by atoms with Crippen LogP contribution < -0.4 is 11.0 Å². The van der Waals surface area contributed by atoms with Crippen molar-refractivity contribution in [2.45, 2.75) is 51.2 Å². The van der Waals surface area contributed by atoms with Gasteiger partial charge < -0.3 is 24.1 Å². The van der Waals surface area contributed by atoms with Gasteiger partial charge in [0.25, 0.3) is 5.56 Å². The summed E-state index contributed by atoms with van der Waals surface area (Å²) in [4.78, 5) is 39.2. The van der Waals surface area contributed by atoms with E-state index in [2.05, 4.69) is 0 Å². The van der Waals surface area contributed by atoms with Crippen LogP contribution in [0.5, 0.6) is 0 Å². The molecule has 0 amide bonds. The van der Waals surface area contributed by atoms with Crippen molar-refractivity contribution >= 4 is 16.9 Å². The van der Waals surface area contributed by atoms with Crippen LogP contribution in [0.3, 0.4) is 0 Å². The third-order valence-electron chi connectivity index (χ3n) is 7.05. The minimum Gasteiger partial charge on any atom is -0.458 e. The summed E-state index contributed by atoms with van der Waals surface area (Å²) in [6.07, 6.45) is -0.532. The minimum atomic E-state index is -1.98. The van der Waals surface area contributed by atoms with E-state index in [1.807, 2.05) is 4.57 Å². The molecule has 0 radical (unpaired) electrons. The Balaban J connectivity index is 1.73. The van der Waals surface area contributed by atoms with E-state index in [4.69, 9.17) is 4.74 Å². The molecule has 164 valence electrons. The lowest BCUT2D eigenvalue weighted by atomic mass is 9.85. The summed E-state index contributed by atoms with van der Waals surface area (Å²) >= 11 is 0. The van der Waals surface area contributed by atoms with Crippen LogP contribution in [-0.4, -0.2) is 25.3 Å². The average molecular weight is 438 g/mol. The standard InChI is InChI=1S/C23H19FN2O6/c1-2-23(31)14-7-15-18-16(8-26(15)21(29)13(14)9-32-22(23)30)25-4-3-17(27)11-5-10(24)6-12(19(11)25)20(18)28/h5-7,17,27,31H,2-4,8-9H2,1H3/t17?,23-/m0/s1. The molecular formula is C23H19FN2O6. The Morgan fingerprint density at radius 3 is 2.75 bits per heavy atom. The Kier molecular flexibility index (Phi) is 3.72. The molecule has 2 aromatic heterocycles. The predicted octanol–water partition coefficient (Wildman–Crippen LogP) is 1.42. The molecule has 1 aromatic carbocycles. The van der Waals surface area contributed by atoms with Crippen LogP contribution in [-0.2, 0) is 34.8 Å². The van der Waals surface area contributed by atoms with Gasteiger partial charge in [0.05, 0.1) is 40.7 Å². The quantitative estimate of drug-likeness (QED) is 0.435. The Labute approximate surface area is 180 Å². The summed E-state index contributed by atoms with van der Waals surface area (Å²) in [7, 11) is 0. The number of aliphatic hydroxyl groups excluding tert-OH is 1. The largest absolute Gasteiger partial charge is 0.458 e. The van der Waals surface area contributed by atoms with E-state index in [1.54, 1.807) is 6.92 Å². The number of benzene rings is 1. The molecule has 3 aliphatic rings. The summed E-state index contributed by atoms with van der Waals surface area (Å²) < 4.78 is 22.7. The molecule has 2 N–H and O–H groups in total. The van der Waals surface area contributed by atoms with Gasteiger partial charge in [-0.05, 0) is 31.0 Å². The summed E-state index contributed by atoms with van der Waals surface area (Å²) in [6, 6.07) is 3.91. The Morgan fingerprint density at radius 2 is 2.00 bits per heavy atom. The maximum Gasteiger partial charge on any atom is 0.343 e. The van der Waals surface area contributed by atoms with Gasteiger partial charge in [0.2, 0.25) is 0 Å². The summed E-state index contributed by atoms with van der Waals surface area (Å²) in [5.74, 6) is -1.46. The average Bonchev–Trinajstić information content (AvgIpc) is 3.16. The molecule has 0 saturated carbocycles. The molecule has 0 bridgehead atoms. The highest BCUT2D eigenvalue weighted by Gasteiger charge is 2.45. The zero-order chi connectivity index (χ0) is 22.5. The van der Waals surface area contributed by atoms with E-state index < -0.39 is 34.5 Å². The molecule has 32 heavy (non-hydrogen) atoms. The van der Waals surface area contributed by atoms with Crippen molar-refractivity contribution < 1.29 is 24.1 Å². The molecule has 5 heterocycles. The fourth-order valence-corrected chi connectivity index (χ4v) is 5.38. The summed E-state index contributed by atoms with van der Waals surface area (Å²) in [5.41, 5.74) is -0.574. The smallest absolute Gasteiger partial charge is 0.343 e. The number of fused-ring (bicyclic) bond motifs is 5. The molecule has 3 aromatic rings. The molecule has 8 nitrogen and oxygen atoms in total. The fraction of sp³-hybridized carbons (Fsp3) is 0.348. The highest BCUT2D eigenvalue weighted by atomic mass is 19.1. The Morgan fingerprint density at radius 1 is 1.22 bits per heavy atom. The molecule has 3 aliphatic heterocycles. The summed E-state index contributed by atoms with van der Waals surface area (Å²) in [6.45, 7) is 1.88. The van der Waals surface area contributed by atoms with E-state index in [0.29, 0.717) is 29.7 Å². The fourth-order valence-electron chi connectivity index (χ4n) is 5.38. The second-order valence-electron chi connectivity index (χ2n) is 8.60. The van der Waals surface area contributed by atoms with Gasteiger partial charge >= 0.3 is 5.97 Å². The third kappa shape index (κ3) is 2.19. The molecule has 0 spiro atoms. The molecule has 1 unspecified atom stereocenters. The van der Waals surface area contributed by atoms with E-state index in [1.165, 1.54) is 16.7 Å². The van der Waals surface area contributed by atoms with Gasteiger partial charge in [-0.2, -0.15) is 0 Å². The van der Waals surface area contributed by atoms with Gasteiger partial charge in [-0.25, -0.2) is 9.18 Å². The van der Waals surface area contributed by atoms with Crippen molar-refractivity contribution in [3.8, 4) is 11.3 Å². The van der Waals surface area contributed by atoms with E-state index in [9.17, 15) is 29.0 Å². The first-order chi connectivity index (χ1) is 15.3. The lowest BCUT2D eigenvalue weighted by molar-refractivity contribution is -0.172. The van der Waals surface area contributed by atoms with Crippen LogP contribution in [0.25, 0.3) is 22.2 Å². The van der Waals surface area contributed by atoms with Crippen LogP contribution in [0.4, 0.5) is 4.39 Å². The normalized spacial score (nSPS) is 23.0. The second kappa shape index (κ2) is 6.14. The number of rotatable bonds is 1. The van der Waals surface area contributed by atoms with Gasteiger partial charge in [-0.3, -0.25) is 9.59 Å². The number of hydrogen-bond donors (Lipinski definition) is 2. The van der Waals surface area contributed by atoms with Crippen LogP contribution >= 0.6 is 0 Å². The molecule has 2 atom stereocenters. The first-order valence-electron chi connectivity index (χ1n) is 10.5. The maximum absolute atomic E-state index is 14.3. The Hall–Kier alpha value is -3.30. The number of carbonyl (C=O) groups is 1. The second-order valence-corrected chi connectivity index (χ2v) is 8.60. The van der Waals surface area contributed by atoms with Crippen molar-refractivity contribution in [1.82, 2.24) is 9.13 Å². The first kappa shape index (κ1) is 19.4. The number of carbonyl (C=O) groups excluding carboxylic acids is 1. The zero-order valence-corrected chi connectivity index (χ0v) is 17.1. The molecule has 0 saturated heterocycles. The van der Waals surface area contributed by atoms with Gasteiger partial charge in [-0.15, -0.1) is 0 Å². The van der Waals surface area contributed by atoms with Crippen LogP contribution in [0.15, 0.2) is 27.8 Å². The highest BCUT2D eigenvalue weighted by molar-refractivity contribution is 5.90. The Bertz CT molecular complexity index is 1500. The van der Waals surface area contributed by atoms with Crippen LogP contribution in [0, 0.1) is 5.82 Å². The maximum atomic E-state index is 14.3. The van der Waals surface area contributed by atoms with Crippen molar-refractivity contribution in [3.63, 3.8) is 0 Å². The number of cyclic esters (lactones) is 1. The van der Waals surface area contributed by atoms with Crippen molar-refractivity contribution in [3.05, 3.63) is 67.0 Å². The van der Waals surface area contributed by atoms with Gasteiger partial charge in [0.1, 0.15) is 12.4 Å². The lowest BCUT2D eigenvalue weighted by Crippen LogP contribution is -2.44. The zero-order valence-electron chi connectivity index (χ0n) is 17.1. The van der Waals surface area contributed by atoms with E-state index in [-0.39, 0.29) is 47.3 Å². The number of hydrogen-bond acceptors (Lipinski definition) is 6. The minimum absolute atomic E-state index is 0.00297. The van der Waals surface area contributed by atoms with Gasteiger partial charge in [-0.1, -0.05) is 6.92 Å². The van der Waals surface area contributed by atoms with Gasteiger partial charge in [0.15, 0.2) is 11.0 Å². The number of aromatic nitrogens is 2. The molecule has 9 heteroatoms. The monoisotopic (exact) mass is 438 g/mol. The van der Waals surface area contributed by atoms with E-state index in [0.717, 1.165) is 6.07 Å². The summed E-state index contributed by atoms with van der Waals surface area (Å²) in [5, 5.41) is 21.5. The number of halogens is 1. The van der Waals surface area contributed by atoms with Gasteiger partial charge in [0, 0.05) is 23.1 Å². The van der Waals surface area contributed by atoms with Crippen LogP contribution in [0.1, 0.15) is 48.3 Å². The number of aryl methyl sites for hydroxylation is 1. The number of ether oxygens (including phenoxy) is 1. The molecule has 6 rings (SSSR count). The van der Waals surface area contributed by atoms with Crippen molar-refractivity contribution in [1.29, 1.82) is 0 Å².